The van der Waals surface area contributed by atoms with Crippen molar-refractivity contribution < 1.29 is 18.0 Å². The van der Waals surface area contributed by atoms with Crippen LogP contribution in [0.4, 0.5) is 0 Å². The summed E-state index contributed by atoms with van der Waals surface area (Å²) >= 11 is 0. The number of rotatable bonds is 3. The Morgan fingerprint density at radius 3 is 2.35 bits per heavy atom. The van der Waals surface area contributed by atoms with Crippen molar-refractivity contribution in [1.29, 1.82) is 0 Å². The van der Waals surface area contributed by atoms with E-state index >= 15 is 0 Å². The van der Waals surface area contributed by atoms with E-state index in [0.717, 1.165) is 0 Å². The minimum Gasteiger partial charge on any atom is -0.294 e. The van der Waals surface area contributed by atoms with E-state index in [1.165, 1.54) is 19.1 Å². The van der Waals surface area contributed by atoms with Crippen molar-refractivity contribution in [3.05, 3.63) is 65.7 Å². The molecule has 6 heteroatoms. The number of hydrogen-bond donors (Lipinski definition) is 1. The normalized spacial score (nSPS) is 22.4. The van der Waals surface area contributed by atoms with Crippen LogP contribution in [0.25, 0.3) is 0 Å². The van der Waals surface area contributed by atoms with E-state index in [9.17, 15) is 18.0 Å². The fourth-order valence-electron chi connectivity index (χ4n) is 2.75. The average Bonchev–Trinajstić information content (AvgIpc) is 2.53. The zero-order valence-electron chi connectivity index (χ0n) is 12.4. The molecule has 0 amide bonds. The van der Waals surface area contributed by atoms with Gasteiger partial charge in [-0.05, 0) is 19.1 Å². The molecule has 1 N–H and O–H groups in total. The van der Waals surface area contributed by atoms with Gasteiger partial charge in [-0.3, -0.25) is 9.59 Å². The Hall–Kier alpha value is -2.31. The third-order valence-corrected chi connectivity index (χ3v) is 5.55. The second kappa shape index (κ2) is 5.40. The summed E-state index contributed by atoms with van der Waals surface area (Å²) in [6, 6.07) is 14.5. The smallest absolute Gasteiger partial charge is 0.242 e. The van der Waals surface area contributed by atoms with E-state index in [2.05, 4.69) is 4.72 Å². The maximum absolute atomic E-state index is 12.7. The van der Waals surface area contributed by atoms with Crippen molar-refractivity contribution in [3.63, 3.8) is 0 Å². The third-order valence-electron chi connectivity index (χ3n) is 3.89. The number of Topliss-reactive ketones (excluding diaryl/α,β-unsaturated/α-hetero) is 2. The van der Waals surface area contributed by atoms with Crippen LogP contribution in [0, 0.1) is 0 Å². The molecule has 0 unspecified atom stereocenters. The maximum Gasteiger partial charge on any atom is 0.242 e. The molecule has 2 aromatic carbocycles. The lowest BCUT2D eigenvalue weighted by molar-refractivity contribution is 0.0812. The Morgan fingerprint density at radius 2 is 1.65 bits per heavy atom. The molecule has 0 fully saturated rings. The van der Waals surface area contributed by atoms with Crippen LogP contribution >= 0.6 is 0 Å². The van der Waals surface area contributed by atoms with E-state index in [-0.39, 0.29) is 22.7 Å². The Labute approximate surface area is 134 Å². The molecule has 1 aliphatic rings. The highest BCUT2D eigenvalue weighted by molar-refractivity contribution is 7.89. The molecule has 0 saturated carbocycles. The van der Waals surface area contributed by atoms with Crippen molar-refractivity contribution in [1.82, 2.24) is 4.72 Å². The molecule has 5 nitrogen and oxygen atoms in total. The monoisotopic (exact) mass is 329 g/mol. The van der Waals surface area contributed by atoms with Crippen LogP contribution in [0.1, 0.15) is 34.1 Å². The number of fused-ring (bicyclic) bond motifs is 1. The highest BCUT2D eigenvalue weighted by Gasteiger charge is 2.46. The molecule has 0 aliphatic carbocycles. The fraction of sp³-hybridized carbons (Fsp3) is 0.176. The lowest BCUT2D eigenvalue weighted by atomic mass is 9.85. The van der Waals surface area contributed by atoms with E-state index < -0.39 is 21.3 Å². The van der Waals surface area contributed by atoms with Crippen molar-refractivity contribution in [2.75, 3.05) is 0 Å². The van der Waals surface area contributed by atoms with Crippen LogP contribution in [0.2, 0.25) is 0 Å². The summed E-state index contributed by atoms with van der Waals surface area (Å²) in [4.78, 5) is 25.1. The van der Waals surface area contributed by atoms with Gasteiger partial charge in [0.15, 0.2) is 11.6 Å². The Kier molecular flexibility index (Phi) is 3.66. The molecular formula is C17H15NO4S. The van der Waals surface area contributed by atoms with Crippen LogP contribution < -0.4 is 4.72 Å². The fourth-order valence-corrected chi connectivity index (χ4v) is 4.32. The molecule has 1 aliphatic heterocycles. The molecular weight excluding hydrogens is 314 g/mol. The number of sulfonamides is 1. The van der Waals surface area contributed by atoms with Crippen molar-refractivity contribution in [3.8, 4) is 0 Å². The van der Waals surface area contributed by atoms with E-state index in [0.29, 0.717) is 5.56 Å². The zero-order valence-corrected chi connectivity index (χ0v) is 13.3. The average molecular weight is 329 g/mol. The quantitative estimate of drug-likeness (QED) is 0.875. The lowest BCUT2D eigenvalue weighted by Crippen LogP contribution is -2.56. The van der Waals surface area contributed by atoms with Gasteiger partial charge in [0, 0.05) is 17.5 Å². The number of benzene rings is 2. The zero-order chi connectivity index (χ0) is 16.7. The van der Waals surface area contributed by atoms with Gasteiger partial charge in [0.2, 0.25) is 10.0 Å². The van der Waals surface area contributed by atoms with Crippen LogP contribution in [-0.4, -0.2) is 25.5 Å². The molecule has 3 rings (SSSR count). The molecule has 1 atom stereocenters. The first-order valence-electron chi connectivity index (χ1n) is 7.09. The summed E-state index contributed by atoms with van der Waals surface area (Å²) in [5.74, 6) is -0.685. The first kappa shape index (κ1) is 15.6. The summed E-state index contributed by atoms with van der Waals surface area (Å²) in [7, 11) is -3.83. The molecule has 23 heavy (non-hydrogen) atoms. The second-order valence-corrected chi connectivity index (χ2v) is 7.38. The number of carbonyl (C=O) groups excluding carboxylic acids is 2. The Morgan fingerprint density at radius 1 is 1.04 bits per heavy atom. The predicted octanol–water partition coefficient (Wildman–Crippen LogP) is 2.19. The van der Waals surface area contributed by atoms with Crippen LogP contribution in [0.3, 0.4) is 0 Å². The molecule has 0 spiro atoms. The van der Waals surface area contributed by atoms with Crippen molar-refractivity contribution in [2.24, 2.45) is 0 Å². The van der Waals surface area contributed by atoms with E-state index in [1.807, 2.05) is 0 Å². The Balaban J connectivity index is 2.00. The number of hydrogen-bond acceptors (Lipinski definition) is 4. The van der Waals surface area contributed by atoms with Gasteiger partial charge in [-0.2, -0.15) is 4.72 Å². The van der Waals surface area contributed by atoms with Gasteiger partial charge in [-0.15, -0.1) is 0 Å². The van der Waals surface area contributed by atoms with Crippen molar-refractivity contribution >= 4 is 21.6 Å². The van der Waals surface area contributed by atoms with Crippen LogP contribution in [-0.2, 0) is 10.0 Å². The predicted molar refractivity (Wildman–Crippen MR) is 84.9 cm³/mol. The SMILES string of the molecule is C[C@]1(CC(=O)c2ccccc2)NS(=O)(=O)c2ccccc2C1=O. The van der Waals surface area contributed by atoms with Gasteiger partial charge in [-0.25, -0.2) is 8.42 Å². The minimum atomic E-state index is -3.83. The summed E-state index contributed by atoms with van der Waals surface area (Å²) < 4.78 is 27.1. The Bertz CT molecular complexity index is 890. The van der Waals surface area contributed by atoms with Gasteiger partial charge in [0.25, 0.3) is 0 Å². The molecule has 0 aromatic heterocycles. The third kappa shape index (κ3) is 2.71. The standard InChI is InChI=1S/C17H15NO4S/c1-17(11-14(19)12-7-3-2-4-8-12)16(20)13-9-5-6-10-15(13)23(21,22)18-17/h2-10,18H,11H2,1H3/t17-/m1/s1. The van der Waals surface area contributed by atoms with E-state index in [4.69, 9.17) is 0 Å². The summed E-state index contributed by atoms with van der Waals surface area (Å²) in [6.45, 7) is 1.45. The molecule has 118 valence electrons. The van der Waals surface area contributed by atoms with Gasteiger partial charge < -0.3 is 0 Å². The molecule has 0 saturated heterocycles. The summed E-state index contributed by atoms with van der Waals surface area (Å²) in [6.07, 6.45) is -0.233. The number of ketones is 2. The number of carbonyl (C=O) groups is 2. The topological polar surface area (TPSA) is 80.3 Å². The first-order valence-corrected chi connectivity index (χ1v) is 8.58. The molecule has 0 bridgehead atoms. The highest BCUT2D eigenvalue weighted by atomic mass is 32.2. The molecule has 1 heterocycles. The lowest BCUT2D eigenvalue weighted by Gasteiger charge is -2.33. The minimum absolute atomic E-state index is 0.0466. The first-order chi connectivity index (χ1) is 10.8. The van der Waals surface area contributed by atoms with E-state index in [1.54, 1.807) is 42.5 Å². The highest BCUT2D eigenvalue weighted by Crippen LogP contribution is 2.30. The van der Waals surface area contributed by atoms with Gasteiger partial charge in [0.05, 0.1) is 4.90 Å². The summed E-state index contributed by atoms with van der Waals surface area (Å²) in [5.41, 5.74) is -0.922. The van der Waals surface area contributed by atoms with Crippen LogP contribution in [0.15, 0.2) is 59.5 Å². The summed E-state index contributed by atoms with van der Waals surface area (Å²) in [5, 5.41) is 0. The molecule has 0 radical (unpaired) electrons. The second-order valence-electron chi connectivity index (χ2n) is 5.73. The van der Waals surface area contributed by atoms with Crippen LogP contribution in [0.5, 0.6) is 0 Å². The van der Waals surface area contributed by atoms with Gasteiger partial charge in [0.1, 0.15) is 5.54 Å². The van der Waals surface area contributed by atoms with Crippen molar-refractivity contribution in [2.45, 2.75) is 23.8 Å². The van der Waals surface area contributed by atoms with Gasteiger partial charge in [-0.1, -0.05) is 42.5 Å². The maximum atomic E-state index is 12.7. The number of nitrogens with one attached hydrogen (secondary N) is 1. The largest absolute Gasteiger partial charge is 0.294 e. The molecule has 2 aromatic rings. The van der Waals surface area contributed by atoms with Gasteiger partial charge >= 0.3 is 0 Å².